The molecule has 1 saturated heterocycles. The van der Waals surface area contributed by atoms with Crippen molar-refractivity contribution in [3.8, 4) is 11.3 Å². The van der Waals surface area contributed by atoms with E-state index < -0.39 is 23.6 Å². The second-order valence-corrected chi connectivity index (χ2v) is 6.39. The molecule has 4 rings (SSSR count). The van der Waals surface area contributed by atoms with Crippen LogP contribution >= 0.6 is 0 Å². The van der Waals surface area contributed by atoms with Crippen LogP contribution in [0.1, 0.15) is 16.1 Å². The first-order valence-corrected chi connectivity index (χ1v) is 8.87. The Balaban J connectivity index is 1.56. The first kappa shape index (κ1) is 19.1. The molecule has 2 heterocycles. The van der Waals surface area contributed by atoms with E-state index in [2.05, 4.69) is 10.2 Å². The molecular formula is C22H15FN2O5. The zero-order valence-electron chi connectivity index (χ0n) is 15.7. The fraction of sp³-hybridized carbons (Fsp3) is 0.0455. The number of halogens is 1. The lowest BCUT2D eigenvalue weighted by Crippen LogP contribution is -2.35. The molecule has 0 radical (unpaired) electrons. The zero-order chi connectivity index (χ0) is 21.3. The van der Waals surface area contributed by atoms with Crippen molar-refractivity contribution >= 4 is 29.5 Å². The van der Waals surface area contributed by atoms with E-state index in [0.29, 0.717) is 28.3 Å². The Morgan fingerprint density at radius 3 is 2.40 bits per heavy atom. The minimum atomic E-state index is -0.593. The summed E-state index contributed by atoms with van der Waals surface area (Å²) in [5.74, 6) is -1.25. The van der Waals surface area contributed by atoms with Gasteiger partial charge in [-0.1, -0.05) is 12.1 Å². The third-order valence-electron chi connectivity index (χ3n) is 4.48. The molecule has 2 aromatic carbocycles. The molecule has 3 aromatic rings. The molecule has 1 aliphatic rings. The summed E-state index contributed by atoms with van der Waals surface area (Å²) in [5, 5.41) is 1.04. The summed E-state index contributed by atoms with van der Waals surface area (Å²) in [7, 11) is 1.31. The van der Waals surface area contributed by atoms with Gasteiger partial charge in [0.15, 0.2) is 0 Å². The molecule has 0 unspecified atom stereocenters. The van der Waals surface area contributed by atoms with Crippen molar-refractivity contribution < 1.29 is 27.9 Å². The minimum absolute atomic E-state index is 0.110. The number of hydrazine groups is 1. The zero-order valence-corrected chi connectivity index (χ0v) is 15.7. The van der Waals surface area contributed by atoms with Gasteiger partial charge < -0.3 is 9.15 Å². The quantitative estimate of drug-likeness (QED) is 0.408. The van der Waals surface area contributed by atoms with Gasteiger partial charge in [-0.15, -0.1) is 0 Å². The maximum Gasteiger partial charge on any atom is 0.337 e. The first-order chi connectivity index (χ1) is 14.5. The van der Waals surface area contributed by atoms with E-state index in [0.717, 1.165) is 5.01 Å². The van der Waals surface area contributed by atoms with Gasteiger partial charge in [0, 0.05) is 5.56 Å². The number of nitrogens with one attached hydrogen (secondary N) is 1. The van der Waals surface area contributed by atoms with Crippen molar-refractivity contribution in [1.29, 1.82) is 0 Å². The van der Waals surface area contributed by atoms with E-state index in [1.165, 1.54) is 37.5 Å². The number of carbonyl (C=O) groups excluding carboxylic acids is 3. The summed E-state index contributed by atoms with van der Waals surface area (Å²) in [4.78, 5) is 36.4. The van der Waals surface area contributed by atoms with Gasteiger partial charge in [0.1, 0.15) is 22.9 Å². The lowest BCUT2D eigenvalue weighted by Gasteiger charge is -2.14. The maximum absolute atomic E-state index is 13.1. The molecule has 30 heavy (non-hydrogen) atoms. The number of amides is 2. The maximum atomic E-state index is 13.1. The molecule has 8 heteroatoms. The topological polar surface area (TPSA) is 88.9 Å². The molecule has 0 spiro atoms. The molecule has 0 atom stereocenters. The second kappa shape index (κ2) is 7.67. The Hall–Kier alpha value is -4.20. The van der Waals surface area contributed by atoms with Gasteiger partial charge in [0.05, 0.1) is 18.4 Å². The number of anilines is 1. The van der Waals surface area contributed by atoms with Gasteiger partial charge >= 0.3 is 5.97 Å². The first-order valence-electron chi connectivity index (χ1n) is 8.87. The van der Waals surface area contributed by atoms with Crippen LogP contribution in [-0.4, -0.2) is 24.9 Å². The fourth-order valence-electron chi connectivity index (χ4n) is 2.95. The van der Waals surface area contributed by atoms with Crippen molar-refractivity contribution in [3.05, 3.63) is 83.4 Å². The highest BCUT2D eigenvalue weighted by molar-refractivity contribution is 6.31. The molecule has 2 amide bonds. The predicted molar refractivity (Wildman–Crippen MR) is 105 cm³/mol. The average Bonchev–Trinajstić information content (AvgIpc) is 3.34. The highest BCUT2D eigenvalue weighted by Gasteiger charge is 2.34. The van der Waals surface area contributed by atoms with Gasteiger partial charge in [-0.05, 0) is 54.6 Å². The van der Waals surface area contributed by atoms with Gasteiger partial charge in [-0.2, -0.15) is 0 Å². The molecule has 0 saturated carbocycles. The van der Waals surface area contributed by atoms with E-state index in [9.17, 15) is 18.8 Å². The van der Waals surface area contributed by atoms with E-state index >= 15 is 0 Å². The number of furan rings is 1. The van der Waals surface area contributed by atoms with Crippen LogP contribution in [0.25, 0.3) is 17.4 Å². The van der Waals surface area contributed by atoms with Crippen LogP contribution in [0.2, 0.25) is 0 Å². The molecule has 1 fully saturated rings. The third-order valence-corrected chi connectivity index (χ3v) is 4.48. The fourth-order valence-corrected chi connectivity index (χ4v) is 2.95. The standard InChI is InChI=1S/C22H15FN2O5/c1-29-22(28)14-4-2-13(3-5-14)19-11-10-17(30-19)12-18-20(26)24-25(21(18)27)16-8-6-15(23)7-9-16/h2-12H,1H3,(H,24,26)/b18-12+. The minimum Gasteiger partial charge on any atom is -0.465 e. The van der Waals surface area contributed by atoms with Gasteiger partial charge in [0.25, 0.3) is 11.8 Å². The van der Waals surface area contributed by atoms with Crippen LogP contribution in [0.4, 0.5) is 10.1 Å². The SMILES string of the molecule is COC(=O)c1ccc(-c2ccc(/C=C3\C(=O)NN(c4ccc(F)cc4)C3=O)o2)cc1. The molecule has 7 nitrogen and oxygen atoms in total. The molecule has 150 valence electrons. The summed E-state index contributed by atoms with van der Waals surface area (Å²) < 4.78 is 23.5. The van der Waals surface area contributed by atoms with Crippen LogP contribution < -0.4 is 10.4 Å². The third kappa shape index (κ3) is 3.58. The number of methoxy groups -OCH3 is 1. The summed E-state index contributed by atoms with van der Waals surface area (Å²) in [6, 6.07) is 15.1. The normalized spacial score (nSPS) is 14.9. The summed E-state index contributed by atoms with van der Waals surface area (Å²) in [6.45, 7) is 0. The Morgan fingerprint density at radius 1 is 1.03 bits per heavy atom. The highest BCUT2D eigenvalue weighted by atomic mass is 19.1. The summed E-state index contributed by atoms with van der Waals surface area (Å²) >= 11 is 0. The number of rotatable bonds is 4. The lowest BCUT2D eigenvalue weighted by molar-refractivity contribution is -0.117. The van der Waals surface area contributed by atoms with Crippen molar-refractivity contribution in [2.24, 2.45) is 0 Å². The second-order valence-electron chi connectivity index (χ2n) is 6.39. The molecule has 1 N–H and O–H groups in total. The van der Waals surface area contributed by atoms with Crippen LogP contribution in [0, 0.1) is 5.82 Å². The van der Waals surface area contributed by atoms with Crippen molar-refractivity contribution in [2.75, 3.05) is 12.1 Å². The van der Waals surface area contributed by atoms with Crippen molar-refractivity contribution in [1.82, 2.24) is 5.43 Å². The highest BCUT2D eigenvalue weighted by Crippen LogP contribution is 2.26. The van der Waals surface area contributed by atoms with E-state index in [1.807, 2.05) is 0 Å². The molecule has 0 aliphatic carbocycles. The van der Waals surface area contributed by atoms with Crippen LogP contribution in [-0.2, 0) is 14.3 Å². The smallest absolute Gasteiger partial charge is 0.337 e. The number of esters is 1. The average molecular weight is 406 g/mol. The molecular weight excluding hydrogens is 391 g/mol. The predicted octanol–water partition coefficient (Wildman–Crippen LogP) is 3.33. The van der Waals surface area contributed by atoms with Crippen molar-refractivity contribution in [2.45, 2.75) is 0 Å². The number of carbonyl (C=O) groups is 3. The number of ether oxygens (including phenoxy) is 1. The summed E-state index contributed by atoms with van der Waals surface area (Å²) in [6.07, 6.45) is 1.34. The van der Waals surface area contributed by atoms with E-state index in [4.69, 9.17) is 4.42 Å². The van der Waals surface area contributed by atoms with Crippen LogP contribution in [0.3, 0.4) is 0 Å². The number of hydrogen-bond donors (Lipinski definition) is 1. The monoisotopic (exact) mass is 406 g/mol. The van der Waals surface area contributed by atoms with Gasteiger partial charge in [-0.25, -0.2) is 14.2 Å². The van der Waals surface area contributed by atoms with Gasteiger partial charge in [0.2, 0.25) is 0 Å². The Morgan fingerprint density at radius 2 is 1.73 bits per heavy atom. The largest absolute Gasteiger partial charge is 0.465 e. The Bertz CT molecular complexity index is 1160. The lowest BCUT2D eigenvalue weighted by atomic mass is 10.1. The molecule has 0 bridgehead atoms. The van der Waals surface area contributed by atoms with Crippen molar-refractivity contribution in [3.63, 3.8) is 0 Å². The van der Waals surface area contributed by atoms with Crippen LogP contribution in [0.15, 0.2) is 70.7 Å². The number of hydrogen-bond acceptors (Lipinski definition) is 5. The number of nitrogens with zero attached hydrogens (tertiary/aromatic N) is 1. The Kier molecular flexibility index (Phi) is 4.89. The molecule has 1 aliphatic heterocycles. The van der Waals surface area contributed by atoms with E-state index in [1.54, 1.807) is 36.4 Å². The Labute approximate surface area is 170 Å². The van der Waals surface area contributed by atoms with Gasteiger partial charge in [-0.3, -0.25) is 15.0 Å². The molecule has 1 aromatic heterocycles. The van der Waals surface area contributed by atoms with E-state index in [-0.39, 0.29) is 5.57 Å². The van der Waals surface area contributed by atoms with Crippen LogP contribution in [0.5, 0.6) is 0 Å². The summed E-state index contributed by atoms with van der Waals surface area (Å²) in [5.41, 5.74) is 3.78. The number of benzene rings is 2.